The minimum Gasteiger partial charge on any atom is -0.338 e. The number of ketones is 1. The number of Topliss-reactive ketones (excluding diaryl/α,β-unsaturated/α-hetero) is 1. The van der Waals surface area contributed by atoms with Crippen molar-refractivity contribution < 1.29 is 9.59 Å². The van der Waals surface area contributed by atoms with Gasteiger partial charge in [-0.05, 0) is 24.1 Å². The van der Waals surface area contributed by atoms with Crippen LogP contribution in [0.15, 0.2) is 28.7 Å². The predicted octanol–water partition coefficient (Wildman–Crippen LogP) is 2.50. The molecule has 0 aromatic heterocycles. The molecule has 18 heavy (non-hydrogen) atoms. The van der Waals surface area contributed by atoms with Crippen molar-refractivity contribution in [2.24, 2.45) is 0 Å². The van der Waals surface area contributed by atoms with Gasteiger partial charge < -0.3 is 4.90 Å². The Morgan fingerprint density at radius 3 is 2.56 bits per heavy atom. The molecule has 1 aromatic rings. The second-order valence-corrected chi connectivity index (χ2v) is 5.85. The fraction of sp³-hybridized carbons (Fsp3) is 0.429. The normalized spacial score (nSPS) is 27.5. The molecule has 0 aliphatic carbocycles. The topological polar surface area (TPSA) is 37.4 Å². The van der Waals surface area contributed by atoms with Gasteiger partial charge in [0.15, 0.2) is 0 Å². The molecular weight excluding hydrogens is 294 g/mol. The van der Waals surface area contributed by atoms with E-state index >= 15 is 0 Å². The van der Waals surface area contributed by atoms with Crippen LogP contribution in [0.4, 0.5) is 0 Å². The van der Waals surface area contributed by atoms with Gasteiger partial charge in [0.05, 0.1) is 5.92 Å². The fourth-order valence-electron chi connectivity index (χ4n) is 3.07. The number of amides is 1. The Kier molecular flexibility index (Phi) is 2.98. The lowest BCUT2D eigenvalue weighted by Gasteiger charge is -2.36. The van der Waals surface area contributed by atoms with Crippen molar-refractivity contribution in [1.29, 1.82) is 0 Å². The van der Waals surface area contributed by atoms with Crippen molar-refractivity contribution in [3.63, 3.8) is 0 Å². The maximum atomic E-state index is 12.2. The first kappa shape index (κ1) is 11.9. The van der Waals surface area contributed by atoms with E-state index in [2.05, 4.69) is 15.9 Å². The predicted molar refractivity (Wildman–Crippen MR) is 71.2 cm³/mol. The Bertz CT molecular complexity index is 497. The summed E-state index contributed by atoms with van der Waals surface area (Å²) in [5, 5.41) is 0. The van der Waals surface area contributed by atoms with Crippen molar-refractivity contribution >= 4 is 27.6 Å². The summed E-state index contributed by atoms with van der Waals surface area (Å²) in [4.78, 5) is 25.8. The van der Waals surface area contributed by atoms with E-state index in [1.54, 1.807) is 0 Å². The van der Waals surface area contributed by atoms with E-state index in [1.807, 2.05) is 29.2 Å². The van der Waals surface area contributed by atoms with Gasteiger partial charge in [-0.15, -0.1) is 0 Å². The van der Waals surface area contributed by atoms with Gasteiger partial charge >= 0.3 is 0 Å². The third-order valence-corrected chi connectivity index (χ3v) is 4.46. The largest absolute Gasteiger partial charge is 0.338 e. The number of benzene rings is 1. The van der Waals surface area contributed by atoms with Crippen LogP contribution >= 0.6 is 15.9 Å². The molecule has 3 nitrogen and oxygen atoms in total. The van der Waals surface area contributed by atoms with Crippen molar-refractivity contribution in [3.05, 3.63) is 34.3 Å². The minimum absolute atomic E-state index is 0.0833. The number of fused-ring (bicyclic) bond motifs is 1. The van der Waals surface area contributed by atoms with Crippen LogP contribution in [0.25, 0.3) is 0 Å². The molecule has 1 amide bonds. The highest BCUT2D eigenvalue weighted by Crippen LogP contribution is 2.37. The van der Waals surface area contributed by atoms with E-state index in [9.17, 15) is 9.59 Å². The monoisotopic (exact) mass is 307 g/mol. The number of carbonyl (C=O) groups is 2. The molecule has 0 spiro atoms. The van der Waals surface area contributed by atoms with Gasteiger partial charge in [-0.2, -0.15) is 0 Å². The second-order valence-electron chi connectivity index (χ2n) is 4.94. The standard InChI is InChI=1S/C14H14BrNO2/c15-10-3-1-9(2-4-10)14-11-5-6-13(18)16(11)8-7-12(14)17/h1-4,11,14H,5-8H2/t11-,14-/m1/s1. The van der Waals surface area contributed by atoms with Gasteiger partial charge in [0.1, 0.15) is 5.78 Å². The molecule has 2 aliphatic heterocycles. The lowest BCUT2D eigenvalue weighted by molar-refractivity contribution is -0.134. The van der Waals surface area contributed by atoms with Gasteiger partial charge in [0.25, 0.3) is 0 Å². The smallest absolute Gasteiger partial charge is 0.222 e. The van der Waals surface area contributed by atoms with Crippen molar-refractivity contribution in [2.75, 3.05) is 6.54 Å². The summed E-state index contributed by atoms with van der Waals surface area (Å²) in [6.45, 7) is 0.607. The minimum atomic E-state index is -0.127. The highest BCUT2D eigenvalue weighted by Gasteiger charge is 2.43. The number of hydrogen-bond donors (Lipinski definition) is 0. The average Bonchev–Trinajstić information content (AvgIpc) is 2.73. The Morgan fingerprint density at radius 1 is 1.11 bits per heavy atom. The number of hydrogen-bond acceptors (Lipinski definition) is 2. The molecule has 2 atom stereocenters. The van der Waals surface area contributed by atoms with E-state index < -0.39 is 0 Å². The highest BCUT2D eigenvalue weighted by atomic mass is 79.9. The molecule has 2 saturated heterocycles. The summed E-state index contributed by atoms with van der Waals surface area (Å²) < 4.78 is 1.01. The first-order valence-electron chi connectivity index (χ1n) is 6.24. The van der Waals surface area contributed by atoms with Crippen LogP contribution in [-0.4, -0.2) is 29.2 Å². The molecule has 1 aromatic carbocycles. The maximum absolute atomic E-state index is 12.2. The molecular formula is C14H14BrNO2. The summed E-state index contributed by atoms with van der Waals surface area (Å²) in [6, 6.07) is 7.97. The number of piperidine rings is 1. The first-order valence-corrected chi connectivity index (χ1v) is 7.04. The van der Waals surface area contributed by atoms with E-state index in [0.29, 0.717) is 19.4 Å². The third kappa shape index (κ3) is 1.88. The zero-order valence-corrected chi connectivity index (χ0v) is 11.5. The average molecular weight is 308 g/mol. The SMILES string of the molecule is O=C1CCN2C(=O)CC[C@@H]2[C@H]1c1ccc(Br)cc1. The van der Waals surface area contributed by atoms with Gasteiger partial charge in [-0.1, -0.05) is 28.1 Å². The van der Waals surface area contributed by atoms with E-state index in [-0.39, 0.29) is 23.7 Å². The van der Waals surface area contributed by atoms with Crippen molar-refractivity contribution in [1.82, 2.24) is 4.90 Å². The zero-order valence-electron chi connectivity index (χ0n) is 9.93. The fourth-order valence-corrected chi connectivity index (χ4v) is 3.34. The van der Waals surface area contributed by atoms with Crippen LogP contribution in [0.5, 0.6) is 0 Å². The number of nitrogens with zero attached hydrogens (tertiary/aromatic N) is 1. The van der Waals surface area contributed by atoms with Crippen molar-refractivity contribution in [3.8, 4) is 0 Å². The van der Waals surface area contributed by atoms with Crippen LogP contribution < -0.4 is 0 Å². The van der Waals surface area contributed by atoms with E-state index in [4.69, 9.17) is 0 Å². The zero-order chi connectivity index (χ0) is 12.7. The van der Waals surface area contributed by atoms with Crippen LogP contribution in [-0.2, 0) is 9.59 Å². The molecule has 0 saturated carbocycles. The van der Waals surface area contributed by atoms with Crippen LogP contribution in [0, 0.1) is 0 Å². The lowest BCUT2D eigenvalue weighted by Crippen LogP contribution is -2.46. The number of carbonyl (C=O) groups excluding carboxylic acids is 2. The Balaban J connectivity index is 1.95. The molecule has 4 heteroatoms. The Hall–Kier alpha value is -1.16. The molecule has 3 rings (SSSR count). The quantitative estimate of drug-likeness (QED) is 0.799. The van der Waals surface area contributed by atoms with Gasteiger partial charge in [-0.25, -0.2) is 0 Å². The molecule has 0 N–H and O–H groups in total. The summed E-state index contributed by atoms with van der Waals surface area (Å²) >= 11 is 3.40. The Labute approximate surface area is 114 Å². The van der Waals surface area contributed by atoms with Crippen LogP contribution in [0.3, 0.4) is 0 Å². The van der Waals surface area contributed by atoms with Crippen LogP contribution in [0.1, 0.15) is 30.7 Å². The first-order chi connectivity index (χ1) is 8.66. The summed E-state index contributed by atoms with van der Waals surface area (Å²) in [5.74, 6) is 0.348. The second kappa shape index (κ2) is 4.50. The highest BCUT2D eigenvalue weighted by molar-refractivity contribution is 9.10. The molecule has 0 radical (unpaired) electrons. The molecule has 0 bridgehead atoms. The molecule has 2 fully saturated rings. The third-order valence-electron chi connectivity index (χ3n) is 3.93. The number of halogens is 1. The van der Waals surface area contributed by atoms with Gasteiger partial charge in [0.2, 0.25) is 5.91 Å². The van der Waals surface area contributed by atoms with E-state index in [0.717, 1.165) is 16.5 Å². The molecule has 94 valence electrons. The van der Waals surface area contributed by atoms with Crippen LogP contribution in [0.2, 0.25) is 0 Å². The molecule has 2 heterocycles. The van der Waals surface area contributed by atoms with Crippen molar-refractivity contribution in [2.45, 2.75) is 31.2 Å². The van der Waals surface area contributed by atoms with E-state index in [1.165, 1.54) is 0 Å². The lowest BCUT2D eigenvalue weighted by atomic mass is 9.82. The molecule has 2 aliphatic rings. The van der Waals surface area contributed by atoms with Gasteiger partial charge in [0, 0.05) is 29.9 Å². The maximum Gasteiger partial charge on any atom is 0.222 e. The summed E-state index contributed by atoms with van der Waals surface area (Å²) in [7, 11) is 0. The summed E-state index contributed by atoms with van der Waals surface area (Å²) in [6.07, 6.45) is 1.89. The Morgan fingerprint density at radius 2 is 1.83 bits per heavy atom. The van der Waals surface area contributed by atoms with Gasteiger partial charge in [-0.3, -0.25) is 9.59 Å². The molecule has 0 unspecified atom stereocenters. The number of rotatable bonds is 1. The summed E-state index contributed by atoms with van der Waals surface area (Å²) in [5.41, 5.74) is 1.03.